The fraction of sp³-hybridized carbons (Fsp3) is 0.647. The molecule has 0 saturated heterocycles. The molecule has 0 saturated carbocycles. The topological polar surface area (TPSA) is 93.1 Å². The van der Waals surface area contributed by atoms with Crippen molar-refractivity contribution >= 4 is 26.5 Å². The van der Waals surface area contributed by atoms with Crippen LogP contribution < -0.4 is 0 Å². The van der Waals surface area contributed by atoms with Crippen molar-refractivity contribution in [2.75, 3.05) is 11.5 Å². The number of aryl methyl sites for hydroxylation is 2. The average molecular weight is 426 g/mol. The Morgan fingerprint density at radius 2 is 1.50 bits per heavy atom. The summed E-state index contributed by atoms with van der Waals surface area (Å²) in [4.78, 5) is 9.30. The SMILES string of the molecule is CCC(CC)(O[PH](=O)O[PH](=O)O)S(CC)(CC)c1cc(C)c(O)c(C)c1. The second kappa shape index (κ2) is 9.77. The summed E-state index contributed by atoms with van der Waals surface area (Å²) in [6.45, 7) is 11.9. The highest BCUT2D eigenvalue weighted by Crippen LogP contribution is 2.70. The summed E-state index contributed by atoms with van der Waals surface area (Å²) in [7, 11) is -8.04. The molecule has 2 N–H and O–H groups in total. The standard InChI is InChI=1S/C17H32O6P2S/c1-7-17(8-2,22-25(21)23-24(19)20)26(9-3,10-4)15-11-13(5)16(18)14(6)12-15/h11-12,18,24-25H,7-10H2,1-6H3,(H,19,20). The molecule has 0 aliphatic heterocycles. The van der Waals surface area contributed by atoms with Crippen molar-refractivity contribution in [1.82, 2.24) is 0 Å². The molecule has 1 aromatic carbocycles. The Kier molecular flexibility index (Phi) is 8.92. The largest absolute Gasteiger partial charge is 0.507 e. The number of rotatable bonds is 10. The van der Waals surface area contributed by atoms with Crippen molar-refractivity contribution in [3.63, 3.8) is 0 Å². The van der Waals surface area contributed by atoms with E-state index in [-0.39, 0.29) is 5.75 Å². The van der Waals surface area contributed by atoms with Gasteiger partial charge in [0.1, 0.15) is 10.7 Å². The van der Waals surface area contributed by atoms with Crippen LogP contribution in [0.4, 0.5) is 0 Å². The van der Waals surface area contributed by atoms with Crippen molar-refractivity contribution in [3.8, 4) is 5.75 Å². The van der Waals surface area contributed by atoms with Crippen molar-refractivity contribution in [3.05, 3.63) is 23.3 Å². The minimum absolute atomic E-state index is 0.282. The van der Waals surface area contributed by atoms with Crippen molar-refractivity contribution < 1.29 is 28.0 Å². The lowest BCUT2D eigenvalue weighted by Gasteiger charge is -2.54. The van der Waals surface area contributed by atoms with Crippen LogP contribution >= 0.6 is 26.5 Å². The summed E-state index contributed by atoms with van der Waals surface area (Å²) in [6.07, 6.45) is 1.21. The molecule has 0 amide bonds. The minimum Gasteiger partial charge on any atom is -0.507 e. The van der Waals surface area contributed by atoms with Gasteiger partial charge < -0.3 is 10.00 Å². The van der Waals surface area contributed by atoms with Crippen LogP contribution in [-0.4, -0.2) is 26.4 Å². The predicted octanol–water partition coefficient (Wildman–Crippen LogP) is 5.53. The summed E-state index contributed by atoms with van der Waals surface area (Å²) < 4.78 is 33.7. The minimum atomic E-state index is -3.33. The quantitative estimate of drug-likeness (QED) is 0.478. The van der Waals surface area contributed by atoms with Crippen LogP contribution in [-0.2, 0) is 18.0 Å². The Morgan fingerprint density at radius 1 is 1.04 bits per heavy atom. The fourth-order valence-electron chi connectivity index (χ4n) is 3.69. The van der Waals surface area contributed by atoms with Crippen LogP contribution in [0, 0.1) is 13.8 Å². The molecule has 2 atom stereocenters. The van der Waals surface area contributed by atoms with Gasteiger partial charge in [-0.05, 0) is 66.3 Å². The van der Waals surface area contributed by atoms with E-state index in [0.717, 1.165) is 27.5 Å². The molecule has 0 aromatic heterocycles. The number of aromatic hydroxyl groups is 1. The van der Waals surface area contributed by atoms with Crippen LogP contribution in [0.3, 0.4) is 0 Å². The molecule has 0 bridgehead atoms. The van der Waals surface area contributed by atoms with Gasteiger partial charge >= 0.3 is 16.5 Å². The maximum atomic E-state index is 12.3. The first-order chi connectivity index (χ1) is 12.1. The van der Waals surface area contributed by atoms with Crippen LogP contribution in [0.5, 0.6) is 5.75 Å². The Bertz CT molecular complexity index is 648. The number of phenolic OH excluding ortho intramolecular Hbond substituents is 1. The van der Waals surface area contributed by atoms with Gasteiger partial charge in [-0.2, -0.15) is 10.0 Å². The molecule has 0 spiro atoms. The van der Waals surface area contributed by atoms with Gasteiger partial charge in [-0.25, -0.2) is 4.31 Å². The van der Waals surface area contributed by atoms with E-state index < -0.39 is 31.5 Å². The molecule has 9 heteroatoms. The molecule has 152 valence electrons. The number of hydrogen-bond donors (Lipinski definition) is 2. The van der Waals surface area contributed by atoms with Gasteiger partial charge in [0, 0.05) is 0 Å². The van der Waals surface area contributed by atoms with Gasteiger partial charge in [-0.3, -0.25) is 13.7 Å². The lowest BCUT2D eigenvalue weighted by atomic mass is 10.1. The number of hydrogen-bond acceptors (Lipinski definition) is 5. The summed E-state index contributed by atoms with van der Waals surface area (Å²) in [5, 5.41) is 10.2. The summed E-state index contributed by atoms with van der Waals surface area (Å²) in [6, 6.07) is 3.97. The lowest BCUT2D eigenvalue weighted by Crippen LogP contribution is -2.38. The summed E-state index contributed by atoms with van der Waals surface area (Å²) in [5.74, 6) is 1.89. The third-order valence-electron chi connectivity index (χ3n) is 5.13. The normalized spacial score (nSPS) is 15.7. The number of benzene rings is 1. The molecule has 0 radical (unpaired) electrons. The van der Waals surface area contributed by atoms with Crippen molar-refractivity contribution in [2.45, 2.75) is 64.2 Å². The van der Waals surface area contributed by atoms with Gasteiger partial charge in [-0.1, -0.05) is 27.7 Å². The van der Waals surface area contributed by atoms with E-state index in [9.17, 15) is 14.2 Å². The molecule has 0 heterocycles. The van der Waals surface area contributed by atoms with Gasteiger partial charge in [0.15, 0.2) is 0 Å². The number of phenols is 1. The fourth-order valence-corrected chi connectivity index (χ4v) is 10.3. The maximum absolute atomic E-state index is 12.3. The molecular weight excluding hydrogens is 394 g/mol. The zero-order chi connectivity index (χ0) is 20.1. The van der Waals surface area contributed by atoms with Crippen LogP contribution in [0.15, 0.2) is 17.0 Å². The molecule has 1 aromatic rings. The molecule has 0 aliphatic carbocycles. The lowest BCUT2D eigenvalue weighted by molar-refractivity contribution is 0.144. The monoisotopic (exact) mass is 426 g/mol. The zero-order valence-electron chi connectivity index (χ0n) is 16.4. The summed E-state index contributed by atoms with van der Waals surface area (Å²) in [5.41, 5.74) is 1.59. The van der Waals surface area contributed by atoms with Gasteiger partial charge in [-0.15, -0.1) is 0 Å². The van der Waals surface area contributed by atoms with Crippen LogP contribution in [0.25, 0.3) is 0 Å². The highest BCUT2D eigenvalue weighted by atomic mass is 32.3. The second-order valence-corrected chi connectivity index (χ2v) is 12.4. The Labute approximate surface area is 159 Å². The van der Waals surface area contributed by atoms with E-state index in [1.807, 2.05) is 39.8 Å². The van der Waals surface area contributed by atoms with E-state index in [2.05, 4.69) is 18.2 Å². The first-order valence-corrected chi connectivity index (χ1v) is 13.3. The molecule has 26 heavy (non-hydrogen) atoms. The molecular formula is C17H32O6P2S. The van der Waals surface area contributed by atoms with E-state index in [0.29, 0.717) is 12.8 Å². The van der Waals surface area contributed by atoms with E-state index >= 15 is 0 Å². The summed E-state index contributed by atoms with van der Waals surface area (Å²) >= 11 is 0. The molecule has 1 rings (SSSR count). The highest BCUT2D eigenvalue weighted by molar-refractivity contribution is 8.34. The maximum Gasteiger partial charge on any atom is 0.327 e. The zero-order valence-corrected chi connectivity index (χ0v) is 19.2. The third-order valence-corrected chi connectivity index (χ3v) is 12.4. The Morgan fingerprint density at radius 3 is 1.85 bits per heavy atom. The van der Waals surface area contributed by atoms with E-state index in [4.69, 9.17) is 9.42 Å². The molecule has 6 nitrogen and oxygen atoms in total. The van der Waals surface area contributed by atoms with E-state index in [1.54, 1.807) is 0 Å². The predicted molar refractivity (Wildman–Crippen MR) is 110 cm³/mol. The molecule has 0 fully saturated rings. The molecule has 2 unspecified atom stereocenters. The van der Waals surface area contributed by atoms with Crippen LogP contribution in [0.1, 0.15) is 51.7 Å². The van der Waals surface area contributed by atoms with Crippen molar-refractivity contribution in [2.24, 2.45) is 0 Å². The van der Waals surface area contributed by atoms with E-state index in [1.165, 1.54) is 0 Å². The van der Waals surface area contributed by atoms with Gasteiger partial charge in [0.25, 0.3) is 0 Å². The Hall–Kier alpha value is -0.290. The second-order valence-electron chi connectivity index (χ2n) is 6.20. The van der Waals surface area contributed by atoms with Crippen molar-refractivity contribution in [1.29, 1.82) is 0 Å². The highest BCUT2D eigenvalue weighted by Gasteiger charge is 2.46. The third kappa shape index (κ3) is 4.57. The molecule has 0 aliphatic rings. The Balaban J connectivity index is 3.58. The van der Waals surface area contributed by atoms with Gasteiger partial charge in [0.2, 0.25) is 0 Å². The first-order valence-electron chi connectivity index (χ1n) is 8.85. The van der Waals surface area contributed by atoms with Crippen LogP contribution in [0.2, 0.25) is 0 Å². The first kappa shape index (κ1) is 23.7. The smallest absolute Gasteiger partial charge is 0.327 e. The van der Waals surface area contributed by atoms with Gasteiger partial charge in [0.05, 0.1) is 0 Å². The average Bonchev–Trinajstić information content (AvgIpc) is 2.59.